The van der Waals surface area contributed by atoms with Gasteiger partial charge in [0.15, 0.2) is 5.58 Å². The number of aryl methyl sites for hydroxylation is 2. The summed E-state index contributed by atoms with van der Waals surface area (Å²) in [5, 5.41) is 10.7. The highest BCUT2D eigenvalue weighted by Crippen LogP contribution is 2.19. The molecule has 8 nitrogen and oxygen atoms in total. The summed E-state index contributed by atoms with van der Waals surface area (Å²) in [6, 6.07) is 7.30. The topological polar surface area (TPSA) is 94.1 Å². The van der Waals surface area contributed by atoms with Gasteiger partial charge in [0.2, 0.25) is 5.91 Å². The van der Waals surface area contributed by atoms with E-state index in [2.05, 4.69) is 15.7 Å². The number of benzene rings is 1. The number of anilines is 1. The molecule has 1 aliphatic rings. The van der Waals surface area contributed by atoms with Gasteiger partial charge in [0.05, 0.1) is 23.4 Å². The molecule has 1 aliphatic heterocycles. The van der Waals surface area contributed by atoms with Crippen molar-refractivity contribution in [3.8, 4) is 0 Å². The Balaban J connectivity index is 0.00000210. The highest BCUT2D eigenvalue weighted by molar-refractivity contribution is 5.92. The summed E-state index contributed by atoms with van der Waals surface area (Å²) in [5.41, 5.74) is 3.91. The Kier molecular flexibility index (Phi) is 5.67. The minimum absolute atomic E-state index is 0. The van der Waals surface area contributed by atoms with Crippen molar-refractivity contribution >= 4 is 35.1 Å². The van der Waals surface area contributed by atoms with Crippen LogP contribution >= 0.6 is 12.4 Å². The minimum atomic E-state index is -0.385. The largest absolute Gasteiger partial charge is 0.419 e. The molecule has 0 saturated carbocycles. The smallest absolute Gasteiger partial charge is 0.408 e. The first-order valence-corrected chi connectivity index (χ1v) is 8.83. The average molecular weight is 392 g/mol. The highest BCUT2D eigenvalue weighted by Gasteiger charge is 2.13. The molecule has 0 bridgehead atoms. The molecule has 0 radical (unpaired) electrons. The lowest BCUT2D eigenvalue weighted by atomic mass is 10.2. The number of nitrogens with one attached hydrogen (secondary N) is 2. The lowest BCUT2D eigenvalue weighted by molar-refractivity contribution is -0.116. The monoisotopic (exact) mass is 391 g/mol. The van der Waals surface area contributed by atoms with E-state index in [1.165, 1.54) is 0 Å². The van der Waals surface area contributed by atoms with Gasteiger partial charge in [0.25, 0.3) is 0 Å². The van der Waals surface area contributed by atoms with E-state index in [0.717, 1.165) is 36.5 Å². The van der Waals surface area contributed by atoms with Crippen molar-refractivity contribution < 1.29 is 9.21 Å². The number of hydrogen-bond acceptors (Lipinski definition) is 5. The molecule has 2 aromatic heterocycles. The van der Waals surface area contributed by atoms with Crippen molar-refractivity contribution in [2.45, 2.75) is 39.4 Å². The molecular weight excluding hydrogens is 370 g/mol. The second kappa shape index (κ2) is 7.98. The molecule has 1 amide bonds. The van der Waals surface area contributed by atoms with Gasteiger partial charge in [-0.15, -0.1) is 12.4 Å². The van der Waals surface area contributed by atoms with Gasteiger partial charge in [-0.1, -0.05) is 0 Å². The Morgan fingerprint density at radius 3 is 3.00 bits per heavy atom. The number of carbonyl (C=O) groups is 1. The third kappa shape index (κ3) is 3.91. The molecule has 4 rings (SSSR count). The first-order chi connectivity index (χ1) is 12.6. The summed E-state index contributed by atoms with van der Waals surface area (Å²) in [5.74, 6) is -0.477. The van der Waals surface area contributed by atoms with Crippen molar-refractivity contribution in [1.29, 1.82) is 0 Å². The summed E-state index contributed by atoms with van der Waals surface area (Å²) in [4.78, 5) is 24.0. The molecule has 27 heavy (non-hydrogen) atoms. The van der Waals surface area contributed by atoms with Crippen molar-refractivity contribution in [3.05, 3.63) is 46.2 Å². The number of halogens is 1. The minimum Gasteiger partial charge on any atom is -0.408 e. The fraction of sp³-hybridized carbons (Fsp3) is 0.389. The van der Waals surface area contributed by atoms with Crippen LogP contribution in [0.15, 0.2) is 33.5 Å². The van der Waals surface area contributed by atoms with Crippen LogP contribution in [0, 0.1) is 0 Å². The molecule has 9 heteroatoms. The number of amides is 1. The number of fused-ring (bicyclic) bond motifs is 2. The van der Waals surface area contributed by atoms with E-state index < -0.39 is 0 Å². The number of hydrogen-bond donors (Lipinski definition) is 2. The zero-order chi connectivity index (χ0) is 18.1. The van der Waals surface area contributed by atoms with E-state index in [-0.39, 0.29) is 24.1 Å². The first kappa shape index (κ1) is 19.2. The highest BCUT2D eigenvalue weighted by atomic mass is 35.5. The molecule has 1 aromatic carbocycles. The molecule has 3 aromatic rings. The number of oxazole rings is 1. The third-order valence-electron chi connectivity index (χ3n) is 4.60. The summed E-state index contributed by atoms with van der Waals surface area (Å²) >= 11 is 0. The molecule has 0 fully saturated rings. The Morgan fingerprint density at radius 1 is 1.37 bits per heavy atom. The van der Waals surface area contributed by atoms with Crippen LogP contribution in [0.4, 0.5) is 5.69 Å². The molecular formula is C18H22ClN5O3. The number of rotatable bonds is 5. The Hall–Kier alpha value is -2.58. The van der Waals surface area contributed by atoms with Crippen LogP contribution in [0.5, 0.6) is 0 Å². The lowest BCUT2D eigenvalue weighted by Crippen LogP contribution is -2.28. The third-order valence-corrected chi connectivity index (χ3v) is 4.60. The van der Waals surface area contributed by atoms with Crippen molar-refractivity contribution in [1.82, 2.24) is 19.7 Å². The van der Waals surface area contributed by atoms with Crippen LogP contribution in [0.2, 0.25) is 0 Å². The molecule has 3 heterocycles. The van der Waals surface area contributed by atoms with Gasteiger partial charge in [0, 0.05) is 44.2 Å². The summed E-state index contributed by atoms with van der Waals surface area (Å²) in [6.45, 7) is 5.04. The van der Waals surface area contributed by atoms with E-state index in [0.29, 0.717) is 30.7 Å². The molecule has 144 valence electrons. The number of aromatic nitrogens is 3. The quantitative estimate of drug-likeness (QED) is 0.692. The zero-order valence-corrected chi connectivity index (χ0v) is 15.8. The van der Waals surface area contributed by atoms with Crippen LogP contribution in [0.1, 0.15) is 24.7 Å². The Bertz CT molecular complexity index is 996. The van der Waals surface area contributed by atoms with Gasteiger partial charge in [0.1, 0.15) is 0 Å². The predicted octanol–water partition coefficient (Wildman–Crippen LogP) is 1.91. The van der Waals surface area contributed by atoms with E-state index in [1.54, 1.807) is 22.8 Å². The standard InChI is InChI=1S/C18H21N5O3.ClH/c1-2-22-15-5-3-12(10-16(15)26-18(22)25)20-17(24)6-4-13-9-14-11-19-7-8-23(14)21-13;/h3,5,9-10,19H,2,4,6-8,11H2,1H3,(H,20,24);1H. The van der Waals surface area contributed by atoms with E-state index in [1.807, 2.05) is 17.7 Å². The SMILES string of the molecule is CCn1c(=O)oc2cc(NC(=O)CCc3cc4n(n3)CCNC4)ccc21.Cl. The van der Waals surface area contributed by atoms with Crippen LogP contribution in [0.3, 0.4) is 0 Å². The van der Waals surface area contributed by atoms with E-state index in [9.17, 15) is 9.59 Å². The molecule has 0 spiro atoms. The van der Waals surface area contributed by atoms with Crippen molar-refractivity contribution in [3.63, 3.8) is 0 Å². The fourth-order valence-corrected chi connectivity index (χ4v) is 3.28. The van der Waals surface area contributed by atoms with Gasteiger partial charge in [-0.25, -0.2) is 4.79 Å². The van der Waals surface area contributed by atoms with E-state index >= 15 is 0 Å². The second-order valence-corrected chi connectivity index (χ2v) is 6.37. The van der Waals surface area contributed by atoms with E-state index in [4.69, 9.17) is 4.42 Å². The molecule has 0 unspecified atom stereocenters. The number of carbonyl (C=O) groups excluding carboxylic acids is 1. The van der Waals surface area contributed by atoms with Crippen molar-refractivity contribution in [2.75, 3.05) is 11.9 Å². The summed E-state index contributed by atoms with van der Waals surface area (Å²) in [6.07, 6.45) is 0.942. The molecule has 2 N–H and O–H groups in total. The zero-order valence-electron chi connectivity index (χ0n) is 15.0. The van der Waals surface area contributed by atoms with Crippen molar-refractivity contribution in [2.24, 2.45) is 0 Å². The van der Waals surface area contributed by atoms with Crippen LogP contribution in [-0.4, -0.2) is 26.8 Å². The molecule has 0 atom stereocenters. The first-order valence-electron chi connectivity index (χ1n) is 8.83. The van der Waals surface area contributed by atoms with Crippen LogP contribution in [0.25, 0.3) is 11.1 Å². The van der Waals surface area contributed by atoms with Gasteiger partial charge in [-0.3, -0.25) is 14.0 Å². The summed E-state index contributed by atoms with van der Waals surface area (Å²) < 4.78 is 8.78. The molecule has 0 saturated heterocycles. The predicted molar refractivity (Wildman–Crippen MR) is 104 cm³/mol. The maximum atomic E-state index is 12.2. The normalized spacial score (nSPS) is 13.2. The maximum absolute atomic E-state index is 12.2. The lowest BCUT2D eigenvalue weighted by Gasteiger charge is -2.13. The van der Waals surface area contributed by atoms with Crippen LogP contribution in [-0.2, 0) is 30.8 Å². The second-order valence-electron chi connectivity index (χ2n) is 6.37. The Labute approximate surface area is 161 Å². The average Bonchev–Trinajstić information content (AvgIpc) is 3.18. The van der Waals surface area contributed by atoms with Gasteiger partial charge in [-0.05, 0) is 25.1 Å². The van der Waals surface area contributed by atoms with Gasteiger partial charge < -0.3 is 15.1 Å². The number of nitrogens with zero attached hydrogens (tertiary/aromatic N) is 3. The molecule has 0 aliphatic carbocycles. The van der Waals surface area contributed by atoms with Crippen LogP contribution < -0.4 is 16.4 Å². The maximum Gasteiger partial charge on any atom is 0.419 e. The Morgan fingerprint density at radius 2 is 2.22 bits per heavy atom. The fourth-order valence-electron chi connectivity index (χ4n) is 3.28. The van der Waals surface area contributed by atoms with Gasteiger partial charge in [-0.2, -0.15) is 5.10 Å². The summed E-state index contributed by atoms with van der Waals surface area (Å²) in [7, 11) is 0. The van der Waals surface area contributed by atoms with Gasteiger partial charge >= 0.3 is 5.76 Å².